The summed E-state index contributed by atoms with van der Waals surface area (Å²) in [4.78, 5) is 14.9. The first kappa shape index (κ1) is 18.7. The summed E-state index contributed by atoms with van der Waals surface area (Å²) in [5.74, 6) is 0.157. The predicted molar refractivity (Wildman–Crippen MR) is 99.1 cm³/mol. The van der Waals surface area contributed by atoms with Crippen molar-refractivity contribution in [3.63, 3.8) is 0 Å². The number of carbonyl (C=O) groups excluding carboxylic acids is 1. The molecule has 0 radical (unpaired) electrons. The first-order chi connectivity index (χ1) is 10.4. The van der Waals surface area contributed by atoms with Crippen LogP contribution >= 0.6 is 0 Å². The zero-order chi connectivity index (χ0) is 16.6. The molecule has 0 saturated heterocycles. The highest BCUT2D eigenvalue weighted by Gasteiger charge is 2.21. The van der Waals surface area contributed by atoms with Crippen LogP contribution in [0.25, 0.3) is 0 Å². The van der Waals surface area contributed by atoms with E-state index >= 15 is 0 Å². The molecule has 0 saturated carbocycles. The lowest BCUT2D eigenvalue weighted by Crippen LogP contribution is -2.34. The number of unbranched alkanes of at least 4 members (excludes halogenated alkanes) is 2. The zero-order valence-corrected chi connectivity index (χ0v) is 15.7. The quantitative estimate of drug-likeness (QED) is 0.359. The van der Waals surface area contributed by atoms with Gasteiger partial charge in [0.25, 0.3) is 5.91 Å². The van der Waals surface area contributed by atoms with Crippen molar-refractivity contribution in [2.24, 2.45) is 0 Å². The molecule has 1 amide bonds. The highest BCUT2D eigenvalue weighted by atomic mass is 28.3. The van der Waals surface area contributed by atoms with E-state index in [1.54, 1.807) is 0 Å². The standard InChI is InChI=1S/C19H31NOSi/c1-6-8-11-15-20(14-7-2)19(21)18-13-10-9-12-17(18)16-22(3,4)5/h7,9-10,12-13H,2,6,8,11,14-16H2,1,3-5H3. The minimum absolute atomic E-state index is 0.157. The third kappa shape index (κ3) is 6.18. The molecular formula is C19H31NOSi. The van der Waals surface area contributed by atoms with E-state index in [9.17, 15) is 4.79 Å². The average molecular weight is 318 g/mol. The van der Waals surface area contributed by atoms with Crippen LogP contribution in [0, 0.1) is 0 Å². The first-order valence-corrected chi connectivity index (χ1v) is 12.1. The number of hydrogen-bond acceptors (Lipinski definition) is 1. The molecule has 1 rings (SSSR count). The van der Waals surface area contributed by atoms with Gasteiger partial charge in [-0.3, -0.25) is 4.79 Å². The van der Waals surface area contributed by atoms with E-state index in [-0.39, 0.29) is 5.91 Å². The molecule has 1 aromatic rings. The van der Waals surface area contributed by atoms with E-state index in [1.807, 2.05) is 29.2 Å². The Kier molecular flexibility index (Phi) is 7.59. The number of carbonyl (C=O) groups is 1. The van der Waals surface area contributed by atoms with E-state index in [0.717, 1.165) is 31.0 Å². The first-order valence-electron chi connectivity index (χ1n) is 8.37. The summed E-state index contributed by atoms with van der Waals surface area (Å²) in [6, 6.07) is 9.16. The zero-order valence-electron chi connectivity index (χ0n) is 14.7. The number of amides is 1. The van der Waals surface area contributed by atoms with Crippen LogP contribution in [0.15, 0.2) is 36.9 Å². The molecule has 0 aromatic heterocycles. The van der Waals surface area contributed by atoms with E-state index in [0.29, 0.717) is 6.54 Å². The number of benzene rings is 1. The third-order valence-corrected chi connectivity index (χ3v) is 5.08. The highest BCUT2D eigenvalue weighted by Crippen LogP contribution is 2.18. The van der Waals surface area contributed by atoms with E-state index in [4.69, 9.17) is 0 Å². The van der Waals surface area contributed by atoms with Crippen molar-refractivity contribution in [1.29, 1.82) is 0 Å². The van der Waals surface area contributed by atoms with Gasteiger partial charge in [-0.15, -0.1) is 6.58 Å². The molecule has 0 bridgehead atoms. The predicted octanol–water partition coefficient (Wildman–Crippen LogP) is 4.92. The fraction of sp³-hybridized carbons (Fsp3) is 0.526. The second kappa shape index (κ2) is 8.94. The van der Waals surface area contributed by atoms with Gasteiger partial charge in [-0.1, -0.05) is 63.7 Å². The molecule has 1 aromatic carbocycles. The maximum atomic E-state index is 12.9. The highest BCUT2D eigenvalue weighted by molar-refractivity contribution is 6.75. The van der Waals surface area contributed by atoms with Crippen LogP contribution in [0.1, 0.15) is 42.1 Å². The van der Waals surface area contributed by atoms with Gasteiger partial charge in [0, 0.05) is 26.7 Å². The minimum atomic E-state index is -1.25. The number of hydrogen-bond donors (Lipinski definition) is 0. The molecule has 0 heterocycles. The van der Waals surface area contributed by atoms with Crippen LogP contribution in [0.2, 0.25) is 19.6 Å². The van der Waals surface area contributed by atoms with Gasteiger partial charge in [0.05, 0.1) is 0 Å². The molecular weight excluding hydrogens is 286 g/mol. The maximum absolute atomic E-state index is 12.9. The summed E-state index contributed by atoms with van der Waals surface area (Å²) in [6.07, 6.45) is 5.22. The van der Waals surface area contributed by atoms with Gasteiger partial charge in [0.15, 0.2) is 0 Å². The molecule has 3 heteroatoms. The maximum Gasteiger partial charge on any atom is 0.254 e. The molecule has 0 aliphatic rings. The molecule has 122 valence electrons. The van der Waals surface area contributed by atoms with Gasteiger partial charge < -0.3 is 4.90 Å². The lowest BCUT2D eigenvalue weighted by molar-refractivity contribution is 0.0770. The Bertz CT molecular complexity index is 490. The Morgan fingerprint density at radius 3 is 2.50 bits per heavy atom. The smallest absolute Gasteiger partial charge is 0.254 e. The van der Waals surface area contributed by atoms with Crippen molar-refractivity contribution in [3.8, 4) is 0 Å². The van der Waals surface area contributed by atoms with E-state index < -0.39 is 8.07 Å². The van der Waals surface area contributed by atoms with Crippen LogP contribution in [0.3, 0.4) is 0 Å². The van der Waals surface area contributed by atoms with Crippen LogP contribution < -0.4 is 0 Å². The molecule has 0 aliphatic heterocycles. The van der Waals surface area contributed by atoms with Gasteiger partial charge in [0.2, 0.25) is 0 Å². The summed E-state index contributed by atoms with van der Waals surface area (Å²) in [7, 11) is -1.25. The molecule has 0 spiro atoms. The van der Waals surface area contributed by atoms with Gasteiger partial charge in [-0.2, -0.15) is 0 Å². The Balaban J connectivity index is 2.95. The lowest BCUT2D eigenvalue weighted by Gasteiger charge is -2.24. The molecule has 0 N–H and O–H groups in total. The molecule has 0 aliphatic carbocycles. The fourth-order valence-electron chi connectivity index (χ4n) is 2.61. The monoisotopic (exact) mass is 317 g/mol. The molecule has 0 fully saturated rings. The summed E-state index contributed by atoms with van der Waals surface area (Å²) < 4.78 is 0. The van der Waals surface area contributed by atoms with Gasteiger partial charge in [-0.05, 0) is 24.1 Å². The van der Waals surface area contributed by atoms with Gasteiger partial charge >= 0.3 is 0 Å². The van der Waals surface area contributed by atoms with Crippen LogP contribution in [0.5, 0.6) is 0 Å². The van der Waals surface area contributed by atoms with Crippen LogP contribution in [-0.2, 0) is 6.04 Å². The topological polar surface area (TPSA) is 20.3 Å². The summed E-state index contributed by atoms with van der Waals surface area (Å²) in [5.41, 5.74) is 2.08. The largest absolute Gasteiger partial charge is 0.335 e. The fourth-order valence-corrected chi connectivity index (χ4v) is 4.06. The number of nitrogens with zero attached hydrogens (tertiary/aromatic N) is 1. The van der Waals surface area contributed by atoms with Crippen molar-refractivity contribution in [2.45, 2.75) is 51.9 Å². The Labute approximate surface area is 137 Å². The van der Waals surface area contributed by atoms with Gasteiger partial charge in [-0.25, -0.2) is 0 Å². The Morgan fingerprint density at radius 1 is 1.23 bits per heavy atom. The molecule has 2 nitrogen and oxygen atoms in total. The van der Waals surface area contributed by atoms with Gasteiger partial charge in [0.1, 0.15) is 0 Å². The Hall–Kier alpha value is -1.35. The molecule has 22 heavy (non-hydrogen) atoms. The summed E-state index contributed by atoms with van der Waals surface area (Å²) in [6.45, 7) is 14.5. The normalized spacial score (nSPS) is 11.3. The molecule has 0 unspecified atom stereocenters. The van der Waals surface area contributed by atoms with Crippen molar-refractivity contribution >= 4 is 14.0 Å². The number of rotatable bonds is 9. The van der Waals surface area contributed by atoms with Crippen LogP contribution in [0.4, 0.5) is 0 Å². The second-order valence-electron chi connectivity index (χ2n) is 7.14. The van der Waals surface area contributed by atoms with Crippen molar-refractivity contribution in [2.75, 3.05) is 13.1 Å². The van der Waals surface area contributed by atoms with E-state index in [2.05, 4.69) is 39.2 Å². The summed E-state index contributed by atoms with van der Waals surface area (Å²) >= 11 is 0. The van der Waals surface area contributed by atoms with Crippen molar-refractivity contribution < 1.29 is 4.79 Å². The van der Waals surface area contributed by atoms with E-state index in [1.165, 1.54) is 12.0 Å². The molecule has 0 atom stereocenters. The summed E-state index contributed by atoms with van der Waals surface area (Å²) in [5, 5.41) is 0. The third-order valence-electron chi connectivity index (χ3n) is 3.64. The lowest BCUT2D eigenvalue weighted by atomic mass is 10.1. The van der Waals surface area contributed by atoms with Crippen molar-refractivity contribution in [1.82, 2.24) is 4.90 Å². The second-order valence-corrected chi connectivity index (χ2v) is 12.6. The SMILES string of the molecule is C=CCN(CCCCC)C(=O)c1ccccc1C[Si](C)(C)C. The Morgan fingerprint density at radius 2 is 1.91 bits per heavy atom. The average Bonchev–Trinajstić information content (AvgIpc) is 2.45. The van der Waals surface area contributed by atoms with Crippen LogP contribution in [-0.4, -0.2) is 32.0 Å². The minimum Gasteiger partial charge on any atom is -0.335 e. The van der Waals surface area contributed by atoms with Crippen molar-refractivity contribution in [3.05, 3.63) is 48.0 Å².